The van der Waals surface area contributed by atoms with Gasteiger partial charge in [0.05, 0.1) is 13.6 Å². The van der Waals surface area contributed by atoms with Gasteiger partial charge in [0.1, 0.15) is 5.75 Å². The van der Waals surface area contributed by atoms with Crippen LogP contribution in [0.15, 0.2) is 24.2 Å². The maximum Gasteiger partial charge on any atom is 0.396 e. The Morgan fingerprint density at radius 1 is 1.46 bits per heavy atom. The first-order valence-electron chi connectivity index (χ1n) is 3.20. The highest BCUT2D eigenvalue weighted by Gasteiger charge is 2.13. The molecule has 0 amide bonds. The van der Waals surface area contributed by atoms with Crippen LogP contribution >= 0.6 is 43.2 Å². The van der Waals surface area contributed by atoms with E-state index in [0.717, 1.165) is 11.3 Å². The summed E-state index contributed by atoms with van der Waals surface area (Å²) in [6.07, 6.45) is 0. The molecular formula is C7H2Br2O3S. The molecule has 0 saturated heterocycles. The van der Waals surface area contributed by atoms with Crippen LogP contribution in [0.25, 0.3) is 10.3 Å². The zero-order valence-corrected chi connectivity index (χ0v) is 9.99. The topological polar surface area (TPSA) is 50.4 Å². The number of halogens is 2. The molecule has 1 aromatic heterocycles. The van der Waals surface area contributed by atoms with E-state index < -0.39 is 0 Å². The molecule has 13 heavy (non-hydrogen) atoms. The largest absolute Gasteiger partial charge is 0.507 e. The van der Waals surface area contributed by atoms with Crippen molar-refractivity contribution in [2.45, 2.75) is 0 Å². The molecule has 0 aliphatic heterocycles. The van der Waals surface area contributed by atoms with Crippen LogP contribution in [-0.2, 0) is 0 Å². The van der Waals surface area contributed by atoms with E-state index in [0.29, 0.717) is 19.2 Å². The predicted molar refractivity (Wildman–Crippen MR) is 57.4 cm³/mol. The number of hydrogen-bond acceptors (Lipinski definition) is 4. The van der Waals surface area contributed by atoms with Crippen LogP contribution in [0.4, 0.5) is 0 Å². The Morgan fingerprint density at radius 2 is 2.15 bits per heavy atom. The zero-order chi connectivity index (χ0) is 9.59. The molecule has 0 atom stereocenters. The fourth-order valence-electron chi connectivity index (χ4n) is 0.947. The van der Waals surface area contributed by atoms with Gasteiger partial charge in [-0.05, 0) is 37.9 Å². The lowest BCUT2D eigenvalue weighted by Crippen LogP contribution is -1.79. The lowest BCUT2D eigenvalue weighted by atomic mass is 10.3. The first kappa shape index (κ1) is 9.23. The van der Waals surface area contributed by atoms with Crippen LogP contribution in [0.3, 0.4) is 0 Å². The molecule has 0 radical (unpaired) electrons. The lowest BCUT2D eigenvalue weighted by Gasteiger charge is -1.97. The van der Waals surface area contributed by atoms with Gasteiger partial charge in [-0.2, -0.15) is 0 Å². The third-order valence-electron chi connectivity index (χ3n) is 1.48. The fourth-order valence-corrected chi connectivity index (χ4v) is 2.84. The summed E-state index contributed by atoms with van der Waals surface area (Å²) in [7, 11) is 0. The summed E-state index contributed by atoms with van der Waals surface area (Å²) in [4.78, 5) is 10.5. The summed E-state index contributed by atoms with van der Waals surface area (Å²) in [5.41, 5.74) is 0.458. The van der Waals surface area contributed by atoms with E-state index in [9.17, 15) is 9.90 Å². The third-order valence-corrected chi connectivity index (χ3v) is 3.98. The molecule has 0 bridgehead atoms. The van der Waals surface area contributed by atoms with Gasteiger partial charge >= 0.3 is 4.94 Å². The molecule has 68 valence electrons. The molecule has 1 aromatic carbocycles. The second kappa shape index (κ2) is 3.11. The van der Waals surface area contributed by atoms with E-state index in [1.165, 1.54) is 6.07 Å². The fraction of sp³-hybridized carbons (Fsp3) is 0. The van der Waals surface area contributed by atoms with Gasteiger partial charge in [-0.15, -0.1) is 0 Å². The van der Waals surface area contributed by atoms with E-state index in [-0.39, 0.29) is 10.7 Å². The summed E-state index contributed by atoms with van der Waals surface area (Å²) in [6, 6.07) is 1.47. The monoisotopic (exact) mass is 324 g/mol. The average molecular weight is 326 g/mol. The number of benzene rings is 1. The van der Waals surface area contributed by atoms with Crippen molar-refractivity contribution in [3.8, 4) is 5.75 Å². The minimum absolute atomic E-state index is 0.0800. The highest BCUT2D eigenvalue weighted by Crippen LogP contribution is 2.38. The number of phenols is 1. The Hall–Kier alpha value is -0.330. The minimum atomic E-state index is -0.387. The smallest absolute Gasteiger partial charge is 0.396 e. The molecule has 0 saturated carbocycles. The lowest BCUT2D eigenvalue weighted by molar-refractivity contribution is 0.472. The maximum absolute atomic E-state index is 10.9. The molecule has 3 nitrogen and oxygen atoms in total. The van der Waals surface area contributed by atoms with Crippen LogP contribution in [0.2, 0.25) is 0 Å². The van der Waals surface area contributed by atoms with Gasteiger partial charge in [0.15, 0.2) is 5.58 Å². The van der Waals surface area contributed by atoms with Crippen molar-refractivity contribution >= 4 is 53.5 Å². The zero-order valence-electron chi connectivity index (χ0n) is 6.01. The summed E-state index contributed by atoms with van der Waals surface area (Å²) in [5.74, 6) is 0.0800. The molecule has 2 rings (SSSR count). The second-order valence-corrected chi connectivity index (χ2v) is 4.90. The van der Waals surface area contributed by atoms with Crippen molar-refractivity contribution in [2.75, 3.05) is 0 Å². The summed E-state index contributed by atoms with van der Waals surface area (Å²) >= 11 is 7.31. The van der Waals surface area contributed by atoms with E-state index in [1.807, 2.05) is 0 Å². The van der Waals surface area contributed by atoms with Crippen LogP contribution < -0.4 is 4.94 Å². The molecule has 0 fully saturated rings. The first-order valence-corrected chi connectivity index (χ1v) is 5.60. The molecule has 0 aliphatic carbocycles. The van der Waals surface area contributed by atoms with Gasteiger partial charge in [0.2, 0.25) is 0 Å². The van der Waals surface area contributed by atoms with Crippen molar-refractivity contribution in [1.29, 1.82) is 0 Å². The molecule has 0 aliphatic rings. The number of phenolic OH excluding ortho intramolecular Hbond substituents is 1. The van der Waals surface area contributed by atoms with Crippen molar-refractivity contribution in [3.63, 3.8) is 0 Å². The van der Waals surface area contributed by atoms with Crippen molar-refractivity contribution in [1.82, 2.24) is 0 Å². The standard InChI is InChI=1S/C7H2Br2O3S/c8-2-1-3(10)4(9)6-5(2)12-7(11)13-6/h1,10H. The van der Waals surface area contributed by atoms with Gasteiger partial charge in [-0.3, -0.25) is 0 Å². The van der Waals surface area contributed by atoms with Crippen molar-refractivity contribution in [3.05, 3.63) is 24.7 Å². The van der Waals surface area contributed by atoms with Gasteiger partial charge in [0.25, 0.3) is 0 Å². The van der Waals surface area contributed by atoms with Crippen LogP contribution in [0, 0.1) is 0 Å². The summed E-state index contributed by atoms with van der Waals surface area (Å²) in [5, 5.41) is 9.39. The van der Waals surface area contributed by atoms with Crippen LogP contribution in [0.1, 0.15) is 0 Å². The predicted octanol–water partition coefficient (Wildman–Crippen LogP) is 3.09. The van der Waals surface area contributed by atoms with E-state index >= 15 is 0 Å². The normalized spacial score (nSPS) is 10.9. The van der Waals surface area contributed by atoms with Crippen LogP contribution in [0.5, 0.6) is 5.75 Å². The second-order valence-electron chi connectivity index (χ2n) is 2.30. The Labute approximate surface area is 93.2 Å². The van der Waals surface area contributed by atoms with Crippen molar-refractivity contribution in [2.24, 2.45) is 0 Å². The van der Waals surface area contributed by atoms with Gasteiger partial charge in [-0.1, -0.05) is 11.3 Å². The van der Waals surface area contributed by atoms with Crippen molar-refractivity contribution < 1.29 is 9.52 Å². The molecular weight excluding hydrogens is 324 g/mol. The van der Waals surface area contributed by atoms with Gasteiger partial charge in [-0.25, -0.2) is 4.79 Å². The Bertz CT molecular complexity index is 528. The van der Waals surface area contributed by atoms with E-state index in [1.54, 1.807) is 0 Å². The van der Waals surface area contributed by atoms with Gasteiger partial charge in [0, 0.05) is 0 Å². The quantitative estimate of drug-likeness (QED) is 0.809. The highest BCUT2D eigenvalue weighted by atomic mass is 79.9. The van der Waals surface area contributed by atoms with E-state index in [4.69, 9.17) is 4.42 Å². The number of rotatable bonds is 0. The molecule has 1 heterocycles. The summed E-state index contributed by atoms with van der Waals surface area (Å²) < 4.78 is 6.58. The number of fused-ring (bicyclic) bond motifs is 1. The Kier molecular flexibility index (Phi) is 2.21. The Morgan fingerprint density at radius 3 is 2.85 bits per heavy atom. The maximum atomic E-state index is 10.9. The molecule has 0 unspecified atom stereocenters. The molecule has 1 N–H and O–H groups in total. The SMILES string of the molecule is O=c1oc2c(Br)cc(O)c(Br)c2s1. The van der Waals surface area contributed by atoms with Crippen LogP contribution in [-0.4, -0.2) is 5.11 Å². The van der Waals surface area contributed by atoms with E-state index in [2.05, 4.69) is 31.9 Å². The summed E-state index contributed by atoms with van der Waals surface area (Å²) in [6.45, 7) is 0. The minimum Gasteiger partial charge on any atom is -0.507 e. The average Bonchev–Trinajstić information content (AvgIpc) is 2.44. The first-order chi connectivity index (χ1) is 6.09. The number of aromatic hydroxyl groups is 1. The molecule has 0 spiro atoms. The Balaban J connectivity index is 3.04. The van der Waals surface area contributed by atoms with Gasteiger partial charge < -0.3 is 9.52 Å². The highest BCUT2D eigenvalue weighted by molar-refractivity contribution is 9.11. The number of hydrogen-bond donors (Lipinski definition) is 1. The molecule has 2 aromatic rings. The third kappa shape index (κ3) is 1.43. The molecule has 6 heteroatoms.